The second-order valence-electron chi connectivity index (χ2n) is 6.06. The van der Waals surface area contributed by atoms with Crippen LogP contribution in [0.4, 0.5) is 0 Å². The van der Waals surface area contributed by atoms with Gasteiger partial charge < -0.3 is 9.88 Å². The van der Waals surface area contributed by atoms with E-state index in [9.17, 15) is 0 Å². The van der Waals surface area contributed by atoms with Gasteiger partial charge in [0, 0.05) is 28.5 Å². The molecule has 114 valence electrons. The fraction of sp³-hybridized carbons (Fsp3) is 0.467. The van der Waals surface area contributed by atoms with Crippen molar-refractivity contribution in [3.63, 3.8) is 0 Å². The maximum absolute atomic E-state index is 4.19. The molecule has 0 radical (unpaired) electrons. The van der Waals surface area contributed by atoms with E-state index in [1.165, 1.54) is 5.56 Å². The predicted molar refractivity (Wildman–Crippen MR) is 90.6 cm³/mol. The number of nitrogens with zero attached hydrogens (tertiary/aromatic N) is 3. The Morgan fingerprint density at radius 1 is 1.29 bits per heavy atom. The van der Waals surface area contributed by atoms with Gasteiger partial charge in [0.1, 0.15) is 5.82 Å². The summed E-state index contributed by atoms with van der Waals surface area (Å²) in [4.78, 5) is 1.14. The van der Waals surface area contributed by atoms with Crippen molar-refractivity contribution in [2.24, 2.45) is 7.05 Å². The predicted octanol–water partition coefficient (Wildman–Crippen LogP) is 3.93. The van der Waals surface area contributed by atoms with Crippen molar-refractivity contribution < 1.29 is 0 Å². The molecule has 0 spiro atoms. The second-order valence-corrected chi connectivity index (χ2v) is 7.92. The average molecular weight is 369 g/mol. The van der Waals surface area contributed by atoms with Crippen molar-refractivity contribution in [2.45, 2.75) is 49.8 Å². The molecule has 0 aliphatic rings. The minimum atomic E-state index is 0.121. The van der Waals surface area contributed by atoms with E-state index in [-0.39, 0.29) is 5.54 Å². The van der Waals surface area contributed by atoms with E-state index in [1.54, 1.807) is 11.8 Å². The van der Waals surface area contributed by atoms with Crippen molar-refractivity contribution in [2.75, 3.05) is 0 Å². The molecule has 1 aromatic heterocycles. The zero-order valence-electron chi connectivity index (χ0n) is 13.1. The molecule has 21 heavy (non-hydrogen) atoms. The lowest BCUT2D eigenvalue weighted by atomic mass is 10.1. The monoisotopic (exact) mass is 368 g/mol. The molecule has 6 heteroatoms. The first-order valence-corrected chi connectivity index (χ1v) is 8.44. The third-order valence-electron chi connectivity index (χ3n) is 3.07. The summed E-state index contributed by atoms with van der Waals surface area (Å²) < 4.78 is 3.08. The van der Waals surface area contributed by atoms with Gasteiger partial charge >= 0.3 is 0 Å². The van der Waals surface area contributed by atoms with Crippen LogP contribution in [0.3, 0.4) is 0 Å². The van der Waals surface area contributed by atoms with Crippen molar-refractivity contribution in [3.05, 3.63) is 34.1 Å². The summed E-state index contributed by atoms with van der Waals surface area (Å²) in [6, 6.07) is 6.43. The first-order valence-electron chi connectivity index (χ1n) is 6.83. The van der Waals surface area contributed by atoms with Gasteiger partial charge in [-0.2, -0.15) is 0 Å². The number of aryl methyl sites for hydroxylation is 1. The number of benzene rings is 1. The third-order valence-corrected chi connectivity index (χ3v) is 5.11. The maximum atomic E-state index is 4.19. The Hall–Kier alpha value is -0.850. The minimum absolute atomic E-state index is 0.121. The third kappa shape index (κ3) is 4.56. The highest BCUT2D eigenvalue weighted by molar-refractivity contribution is 9.10. The normalized spacial score (nSPS) is 11.9. The van der Waals surface area contributed by atoms with Crippen LogP contribution in [0.5, 0.6) is 0 Å². The van der Waals surface area contributed by atoms with Gasteiger partial charge in [-0.25, -0.2) is 0 Å². The zero-order chi connectivity index (χ0) is 15.6. The fourth-order valence-electron chi connectivity index (χ4n) is 1.68. The summed E-state index contributed by atoms with van der Waals surface area (Å²) in [5, 5.41) is 12.7. The second kappa shape index (κ2) is 6.50. The molecule has 1 N–H and O–H groups in total. The van der Waals surface area contributed by atoms with E-state index < -0.39 is 0 Å². The molecule has 0 amide bonds. The molecule has 0 aliphatic carbocycles. The lowest BCUT2D eigenvalue weighted by molar-refractivity contribution is 0.424. The number of rotatable bonds is 4. The van der Waals surface area contributed by atoms with Crippen LogP contribution in [0.2, 0.25) is 0 Å². The molecule has 0 atom stereocenters. The minimum Gasteiger partial charge on any atom is -0.309 e. The molecule has 1 aromatic carbocycles. The summed E-state index contributed by atoms with van der Waals surface area (Å²) >= 11 is 5.27. The van der Waals surface area contributed by atoms with Gasteiger partial charge in [0.2, 0.25) is 0 Å². The van der Waals surface area contributed by atoms with E-state index >= 15 is 0 Å². The van der Waals surface area contributed by atoms with Gasteiger partial charge in [0.15, 0.2) is 5.16 Å². The summed E-state index contributed by atoms with van der Waals surface area (Å²) in [7, 11) is 1.98. The summed E-state index contributed by atoms with van der Waals surface area (Å²) in [6.45, 7) is 9.32. The van der Waals surface area contributed by atoms with Crippen LogP contribution in [-0.4, -0.2) is 20.3 Å². The Morgan fingerprint density at radius 3 is 2.52 bits per heavy atom. The van der Waals surface area contributed by atoms with Crippen LogP contribution < -0.4 is 5.32 Å². The number of hydrogen-bond acceptors (Lipinski definition) is 4. The van der Waals surface area contributed by atoms with Crippen LogP contribution in [0.25, 0.3) is 0 Å². The Morgan fingerprint density at radius 2 is 2.00 bits per heavy atom. The maximum Gasteiger partial charge on any atom is 0.195 e. The molecule has 0 aliphatic heterocycles. The van der Waals surface area contributed by atoms with E-state index in [0.717, 1.165) is 26.9 Å². The van der Waals surface area contributed by atoms with Gasteiger partial charge in [0.05, 0.1) is 0 Å². The lowest BCUT2D eigenvalue weighted by Crippen LogP contribution is -2.35. The van der Waals surface area contributed by atoms with Gasteiger partial charge in [-0.3, -0.25) is 0 Å². The van der Waals surface area contributed by atoms with Crippen molar-refractivity contribution in [3.8, 4) is 0 Å². The molecule has 0 saturated carbocycles. The van der Waals surface area contributed by atoms with Gasteiger partial charge in [-0.05, 0) is 73.1 Å². The van der Waals surface area contributed by atoms with Crippen molar-refractivity contribution >= 4 is 27.7 Å². The first-order chi connectivity index (χ1) is 9.76. The Kier molecular flexibility index (Phi) is 5.11. The molecule has 0 unspecified atom stereocenters. The molecule has 2 rings (SSSR count). The Balaban J connectivity index is 2.11. The Labute approximate surface area is 138 Å². The fourth-order valence-corrected chi connectivity index (χ4v) is 3.19. The quantitative estimate of drug-likeness (QED) is 0.887. The summed E-state index contributed by atoms with van der Waals surface area (Å²) in [5.74, 6) is 0.916. The highest BCUT2D eigenvalue weighted by Gasteiger charge is 2.11. The standard InChI is InChI=1S/C15H21BrN4S/c1-10-18-19-14(20(10)5)21-13-7-6-11(8-12(13)16)9-17-15(2,3)4/h6-8,17H,9H2,1-5H3. The van der Waals surface area contributed by atoms with E-state index in [4.69, 9.17) is 0 Å². The molecule has 2 aromatic rings. The number of hydrogen-bond donors (Lipinski definition) is 1. The largest absolute Gasteiger partial charge is 0.309 e. The van der Waals surface area contributed by atoms with E-state index in [1.807, 2.05) is 18.5 Å². The first kappa shape index (κ1) is 16.5. The topological polar surface area (TPSA) is 42.7 Å². The van der Waals surface area contributed by atoms with Crippen LogP contribution in [0.15, 0.2) is 32.7 Å². The number of nitrogens with one attached hydrogen (secondary N) is 1. The van der Waals surface area contributed by atoms with Crippen molar-refractivity contribution in [1.29, 1.82) is 0 Å². The summed E-state index contributed by atoms with van der Waals surface area (Å²) in [5.41, 5.74) is 1.38. The highest BCUT2D eigenvalue weighted by atomic mass is 79.9. The van der Waals surface area contributed by atoms with Gasteiger partial charge in [0.25, 0.3) is 0 Å². The van der Waals surface area contributed by atoms with Crippen LogP contribution in [0, 0.1) is 6.92 Å². The molecule has 0 fully saturated rings. The van der Waals surface area contributed by atoms with E-state index in [2.05, 4.69) is 70.4 Å². The lowest BCUT2D eigenvalue weighted by Gasteiger charge is -2.20. The van der Waals surface area contributed by atoms with E-state index in [0.29, 0.717) is 0 Å². The molecular weight excluding hydrogens is 348 g/mol. The SMILES string of the molecule is Cc1nnc(Sc2ccc(CNC(C)(C)C)cc2Br)n1C. The van der Waals surface area contributed by atoms with Crippen LogP contribution >= 0.6 is 27.7 Å². The highest BCUT2D eigenvalue weighted by Crippen LogP contribution is 2.33. The smallest absolute Gasteiger partial charge is 0.195 e. The molecule has 4 nitrogen and oxygen atoms in total. The van der Waals surface area contributed by atoms with Crippen molar-refractivity contribution in [1.82, 2.24) is 20.1 Å². The number of halogens is 1. The summed E-state index contributed by atoms with van der Waals surface area (Å²) in [6.07, 6.45) is 0. The number of aromatic nitrogens is 3. The molecule has 1 heterocycles. The zero-order valence-corrected chi connectivity index (χ0v) is 15.5. The molecular formula is C15H21BrN4S. The molecule has 0 bridgehead atoms. The van der Waals surface area contributed by atoms with Gasteiger partial charge in [-0.1, -0.05) is 6.07 Å². The Bertz CT molecular complexity index is 631. The van der Waals surface area contributed by atoms with Gasteiger partial charge in [-0.15, -0.1) is 10.2 Å². The molecule has 0 saturated heterocycles. The average Bonchev–Trinajstić information content (AvgIpc) is 2.70. The van der Waals surface area contributed by atoms with Crippen LogP contribution in [-0.2, 0) is 13.6 Å². The van der Waals surface area contributed by atoms with Crippen LogP contribution in [0.1, 0.15) is 32.2 Å².